The highest BCUT2D eigenvalue weighted by atomic mass is 16.5. The lowest BCUT2D eigenvalue weighted by Gasteiger charge is -2.26. The number of carbonyl (C=O) groups is 5. The quantitative estimate of drug-likeness (QED) is 0.454. The zero-order valence-corrected chi connectivity index (χ0v) is 17.6. The molecule has 0 unspecified atom stereocenters. The molecule has 0 spiro atoms. The van der Waals surface area contributed by atoms with Crippen LogP contribution in [0.25, 0.3) is 0 Å². The molecule has 1 aromatic rings. The van der Waals surface area contributed by atoms with Crippen molar-refractivity contribution in [2.75, 3.05) is 13.2 Å². The highest BCUT2D eigenvalue weighted by Crippen LogP contribution is 2.27. The Balaban J connectivity index is 2.06. The number of carbonyl (C=O) groups excluding carboxylic acids is 5. The molecule has 2 N–H and O–H groups in total. The maximum atomic E-state index is 12.7. The van der Waals surface area contributed by atoms with Gasteiger partial charge in [-0.05, 0) is 38.3 Å². The van der Waals surface area contributed by atoms with E-state index in [0.717, 1.165) is 4.90 Å². The maximum absolute atomic E-state index is 12.7. The number of ether oxygens (including phenoxy) is 1. The largest absolute Gasteiger partial charge is 0.454 e. The number of benzene rings is 1. The lowest BCUT2D eigenvalue weighted by Crippen LogP contribution is -2.48. The number of fused-ring (bicyclic) bond motifs is 1. The number of rotatable bonds is 9. The third-order valence-electron chi connectivity index (χ3n) is 4.57. The summed E-state index contributed by atoms with van der Waals surface area (Å²) < 4.78 is 5.09. The van der Waals surface area contributed by atoms with Crippen molar-refractivity contribution in [3.63, 3.8) is 0 Å². The van der Waals surface area contributed by atoms with Gasteiger partial charge in [0.1, 0.15) is 12.1 Å². The van der Waals surface area contributed by atoms with Crippen molar-refractivity contribution >= 4 is 29.6 Å². The Hall–Kier alpha value is -3.23. The molecular formula is C21H27N3O6. The molecule has 0 aromatic heterocycles. The normalized spacial score (nSPS) is 14.9. The fraction of sp³-hybridized carbons (Fsp3) is 0.476. The second-order valence-corrected chi connectivity index (χ2v) is 7.46. The maximum Gasteiger partial charge on any atom is 0.329 e. The number of nitrogens with one attached hydrogen (secondary N) is 2. The predicted octanol–water partition coefficient (Wildman–Crippen LogP) is 0.881. The minimum Gasteiger partial charge on any atom is -0.454 e. The highest BCUT2D eigenvalue weighted by Gasteiger charge is 2.43. The van der Waals surface area contributed by atoms with Crippen LogP contribution in [0, 0.1) is 5.92 Å². The summed E-state index contributed by atoms with van der Waals surface area (Å²) in [7, 11) is 0. The van der Waals surface area contributed by atoms with Gasteiger partial charge >= 0.3 is 5.97 Å². The van der Waals surface area contributed by atoms with Gasteiger partial charge in [0.25, 0.3) is 17.7 Å². The molecule has 0 fully saturated rings. The van der Waals surface area contributed by atoms with Crippen LogP contribution in [0.4, 0.5) is 0 Å². The van der Waals surface area contributed by atoms with Crippen LogP contribution in [0.5, 0.6) is 0 Å². The first-order valence-corrected chi connectivity index (χ1v) is 9.87. The lowest BCUT2D eigenvalue weighted by atomic mass is 10.0. The Morgan fingerprint density at radius 3 is 2.10 bits per heavy atom. The molecule has 1 aliphatic heterocycles. The van der Waals surface area contributed by atoms with Crippen LogP contribution in [-0.2, 0) is 19.1 Å². The Morgan fingerprint density at radius 2 is 1.60 bits per heavy atom. The smallest absolute Gasteiger partial charge is 0.329 e. The average molecular weight is 417 g/mol. The number of esters is 1. The molecule has 30 heavy (non-hydrogen) atoms. The van der Waals surface area contributed by atoms with Gasteiger partial charge in [-0.2, -0.15) is 0 Å². The molecule has 2 atom stereocenters. The summed E-state index contributed by atoms with van der Waals surface area (Å²) in [4.78, 5) is 62.8. The minimum absolute atomic E-state index is 0.0153. The average Bonchev–Trinajstić information content (AvgIpc) is 2.95. The molecule has 1 heterocycles. The van der Waals surface area contributed by atoms with E-state index < -0.39 is 42.4 Å². The van der Waals surface area contributed by atoms with E-state index in [9.17, 15) is 24.0 Å². The fourth-order valence-corrected chi connectivity index (χ4v) is 3.15. The van der Waals surface area contributed by atoms with Crippen molar-refractivity contribution in [3.05, 3.63) is 35.4 Å². The number of amides is 4. The summed E-state index contributed by atoms with van der Waals surface area (Å²) in [5.41, 5.74) is 0.468. The predicted molar refractivity (Wildman–Crippen MR) is 107 cm³/mol. The summed E-state index contributed by atoms with van der Waals surface area (Å²) in [6.07, 6.45) is 0.196. The second-order valence-electron chi connectivity index (χ2n) is 7.46. The Bertz CT molecular complexity index is 816. The molecular weight excluding hydrogens is 390 g/mol. The van der Waals surface area contributed by atoms with Crippen molar-refractivity contribution in [1.29, 1.82) is 0 Å². The van der Waals surface area contributed by atoms with Crippen LogP contribution in [0.1, 0.15) is 54.8 Å². The van der Waals surface area contributed by atoms with Crippen LogP contribution >= 0.6 is 0 Å². The summed E-state index contributed by atoms with van der Waals surface area (Å²) >= 11 is 0. The number of likely N-dealkylation sites (N-methyl/N-ethyl adjacent to an activating group) is 1. The van der Waals surface area contributed by atoms with Crippen LogP contribution in [-0.4, -0.2) is 59.7 Å². The second kappa shape index (κ2) is 10.00. The molecule has 0 radical (unpaired) electrons. The van der Waals surface area contributed by atoms with E-state index in [0.29, 0.717) is 6.54 Å². The van der Waals surface area contributed by atoms with Crippen molar-refractivity contribution < 1.29 is 28.7 Å². The van der Waals surface area contributed by atoms with Gasteiger partial charge in [0, 0.05) is 6.54 Å². The molecule has 0 saturated heterocycles. The van der Waals surface area contributed by atoms with Gasteiger partial charge in [0.15, 0.2) is 6.61 Å². The molecule has 9 nitrogen and oxygen atoms in total. The van der Waals surface area contributed by atoms with Crippen LogP contribution in [0.2, 0.25) is 0 Å². The van der Waals surface area contributed by atoms with Gasteiger partial charge < -0.3 is 15.4 Å². The van der Waals surface area contributed by atoms with E-state index in [1.807, 2.05) is 13.8 Å². The molecule has 9 heteroatoms. The monoisotopic (exact) mass is 417 g/mol. The van der Waals surface area contributed by atoms with Gasteiger partial charge in [0.2, 0.25) is 5.91 Å². The third kappa shape index (κ3) is 5.22. The topological polar surface area (TPSA) is 122 Å². The van der Waals surface area contributed by atoms with Crippen molar-refractivity contribution in [2.45, 2.75) is 46.2 Å². The summed E-state index contributed by atoms with van der Waals surface area (Å²) in [6, 6.07) is 4.41. The van der Waals surface area contributed by atoms with E-state index in [4.69, 9.17) is 4.74 Å². The molecule has 1 aromatic carbocycles. The molecule has 162 valence electrons. The first-order valence-electron chi connectivity index (χ1n) is 9.87. The van der Waals surface area contributed by atoms with Crippen LogP contribution in [0.15, 0.2) is 24.3 Å². The Labute approximate surface area is 175 Å². The fourth-order valence-electron chi connectivity index (χ4n) is 3.15. The zero-order chi connectivity index (χ0) is 22.4. The van der Waals surface area contributed by atoms with Gasteiger partial charge in [-0.25, -0.2) is 4.79 Å². The Kier molecular flexibility index (Phi) is 7.68. The molecule has 2 rings (SSSR count). The highest BCUT2D eigenvalue weighted by molar-refractivity contribution is 6.22. The van der Waals surface area contributed by atoms with Crippen LogP contribution < -0.4 is 10.6 Å². The van der Waals surface area contributed by atoms with Gasteiger partial charge in [-0.3, -0.25) is 24.1 Å². The molecule has 4 amide bonds. The first-order chi connectivity index (χ1) is 14.2. The number of hydrogen-bond donors (Lipinski definition) is 2. The van der Waals surface area contributed by atoms with Gasteiger partial charge in [0.05, 0.1) is 11.1 Å². The molecule has 0 saturated carbocycles. The molecule has 1 aliphatic rings. The first kappa shape index (κ1) is 23.1. The minimum atomic E-state index is -1.15. The van der Waals surface area contributed by atoms with Gasteiger partial charge in [-0.15, -0.1) is 0 Å². The molecule has 0 bridgehead atoms. The van der Waals surface area contributed by atoms with E-state index in [1.54, 1.807) is 19.1 Å². The number of hydrogen-bond acceptors (Lipinski definition) is 6. The van der Waals surface area contributed by atoms with Crippen molar-refractivity contribution in [3.8, 4) is 0 Å². The summed E-state index contributed by atoms with van der Waals surface area (Å²) in [5, 5.41) is 4.99. The third-order valence-corrected chi connectivity index (χ3v) is 4.57. The van der Waals surface area contributed by atoms with Crippen LogP contribution in [0.3, 0.4) is 0 Å². The van der Waals surface area contributed by atoms with E-state index in [-0.39, 0.29) is 29.4 Å². The summed E-state index contributed by atoms with van der Waals surface area (Å²) in [6.45, 7) is 6.75. The lowest BCUT2D eigenvalue weighted by molar-refractivity contribution is -0.153. The zero-order valence-electron chi connectivity index (χ0n) is 17.6. The van der Waals surface area contributed by atoms with Gasteiger partial charge in [-0.1, -0.05) is 26.0 Å². The summed E-state index contributed by atoms with van der Waals surface area (Å²) in [5.74, 6) is -3.01. The standard InChI is InChI=1S/C21H27N3O6/c1-5-22-18(26)13(4)23-17(25)11-30-21(29)16(10-12(2)3)24-19(27)14-8-6-7-9-15(14)20(24)28/h6-9,12-13,16H,5,10-11H2,1-4H3,(H,22,26)(H,23,25)/t13-,16-/m0/s1. The number of imide groups is 1. The SMILES string of the molecule is CCNC(=O)[C@H](C)NC(=O)COC(=O)[C@H](CC(C)C)N1C(=O)c2ccccc2C1=O. The van der Waals surface area contributed by atoms with E-state index in [1.165, 1.54) is 19.1 Å². The Morgan fingerprint density at radius 1 is 1.03 bits per heavy atom. The van der Waals surface area contributed by atoms with Crippen molar-refractivity contribution in [2.24, 2.45) is 5.92 Å². The van der Waals surface area contributed by atoms with E-state index >= 15 is 0 Å². The number of nitrogens with zero attached hydrogens (tertiary/aromatic N) is 1. The van der Waals surface area contributed by atoms with Crippen molar-refractivity contribution in [1.82, 2.24) is 15.5 Å². The van der Waals surface area contributed by atoms with E-state index in [2.05, 4.69) is 10.6 Å². The molecule has 0 aliphatic carbocycles.